The fourth-order valence-corrected chi connectivity index (χ4v) is 2.10. The average molecular weight is 259 g/mol. The number of hydrogen-bond donors (Lipinski definition) is 1. The van der Waals surface area contributed by atoms with Crippen molar-refractivity contribution in [1.29, 1.82) is 0 Å². The van der Waals surface area contributed by atoms with E-state index < -0.39 is 0 Å². The Bertz CT molecular complexity index is 530. The van der Waals surface area contributed by atoms with Crippen molar-refractivity contribution in [3.63, 3.8) is 0 Å². The highest BCUT2D eigenvalue weighted by Gasteiger charge is 2.14. The van der Waals surface area contributed by atoms with E-state index in [2.05, 4.69) is 25.3 Å². The highest BCUT2D eigenvalue weighted by molar-refractivity contribution is 5.50. The molecule has 3 rings (SSSR count). The molecule has 1 N–H and O–H groups in total. The van der Waals surface area contributed by atoms with Gasteiger partial charge in [0.25, 0.3) is 5.89 Å². The van der Waals surface area contributed by atoms with Gasteiger partial charge in [0.15, 0.2) is 5.82 Å². The maximum atomic E-state index is 5.29. The number of nitrogens with one attached hydrogen (secondary N) is 1. The lowest BCUT2D eigenvalue weighted by Gasteiger charge is -2.25. The quantitative estimate of drug-likeness (QED) is 0.881. The highest BCUT2D eigenvalue weighted by atomic mass is 16.5. The molecule has 2 aromatic heterocycles. The Morgan fingerprint density at radius 3 is 2.89 bits per heavy atom. The summed E-state index contributed by atoms with van der Waals surface area (Å²) in [5.74, 6) is 1.27. The van der Waals surface area contributed by atoms with E-state index in [-0.39, 0.29) is 0 Å². The summed E-state index contributed by atoms with van der Waals surface area (Å²) >= 11 is 0. The normalized spacial score (nSPS) is 16.7. The van der Waals surface area contributed by atoms with Gasteiger partial charge in [-0.25, -0.2) is 0 Å². The van der Waals surface area contributed by atoms with Gasteiger partial charge in [-0.3, -0.25) is 9.88 Å². The predicted molar refractivity (Wildman–Crippen MR) is 70.4 cm³/mol. The second kappa shape index (κ2) is 5.46. The van der Waals surface area contributed by atoms with Crippen LogP contribution in [0.5, 0.6) is 0 Å². The molecule has 0 bridgehead atoms. The zero-order chi connectivity index (χ0) is 13.1. The highest BCUT2D eigenvalue weighted by Crippen LogP contribution is 2.16. The standard InChI is InChI=1S/C13H17N5O/c1-10-2-3-11(8-15-10)13-16-12(17-19-13)9-18-6-4-14-5-7-18/h2-3,8,14H,4-7,9H2,1H3. The number of rotatable bonds is 3. The lowest BCUT2D eigenvalue weighted by Crippen LogP contribution is -2.43. The number of hydrogen-bond acceptors (Lipinski definition) is 6. The van der Waals surface area contributed by atoms with Gasteiger partial charge in [-0.15, -0.1) is 0 Å². The number of pyridine rings is 1. The Hall–Kier alpha value is -1.79. The first-order chi connectivity index (χ1) is 9.31. The van der Waals surface area contributed by atoms with Crippen LogP contribution in [0.15, 0.2) is 22.9 Å². The van der Waals surface area contributed by atoms with Crippen molar-refractivity contribution in [2.45, 2.75) is 13.5 Å². The van der Waals surface area contributed by atoms with E-state index in [1.165, 1.54) is 0 Å². The minimum absolute atomic E-state index is 0.539. The summed E-state index contributed by atoms with van der Waals surface area (Å²) in [6.07, 6.45) is 1.76. The summed E-state index contributed by atoms with van der Waals surface area (Å²) in [5.41, 5.74) is 1.84. The van der Waals surface area contributed by atoms with E-state index in [4.69, 9.17) is 4.52 Å². The molecule has 3 heterocycles. The summed E-state index contributed by atoms with van der Waals surface area (Å²) in [6, 6.07) is 3.89. The van der Waals surface area contributed by atoms with Crippen molar-refractivity contribution in [2.75, 3.05) is 26.2 Å². The van der Waals surface area contributed by atoms with Gasteiger partial charge in [-0.2, -0.15) is 4.98 Å². The van der Waals surface area contributed by atoms with Crippen LogP contribution in [0, 0.1) is 6.92 Å². The van der Waals surface area contributed by atoms with Gasteiger partial charge in [0.2, 0.25) is 0 Å². The first-order valence-corrected chi connectivity index (χ1v) is 6.50. The number of aryl methyl sites for hydroxylation is 1. The Morgan fingerprint density at radius 2 is 2.16 bits per heavy atom. The lowest BCUT2D eigenvalue weighted by atomic mass is 10.2. The molecular formula is C13H17N5O. The van der Waals surface area contributed by atoms with Crippen molar-refractivity contribution < 1.29 is 4.52 Å². The van der Waals surface area contributed by atoms with Crippen molar-refractivity contribution in [2.24, 2.45) is 0 Å². The number of aromatic nitrogens is 3. The first-order valence-electron chi connectivity index (χ1n) is 6.50. The molecule has 0 amide bonds. The molecule has 19 heavy (non-hydrogen) atoms. The molecule has 6 heteroatoms. The molecule has 1 fully saturated rings. The van der Waals surface area contributed by atoms with Crippen molar-refractivity contribution in [3.05, 3.63) is 29.8 Å². The van der Waals surface area contributed by atoms with E-state index in [0.29, 0.717) is 5.89 Å². The third kappa shape index (κ3) is 2.97. The first kappa shape index (κ1) is 12.3. The van der Waals surface area contributed by atoms with Gasteiger partial charge in [-0.05, 0) is 19.1 Å². The molecular weight excluding hydrogens is 242 g/mol. The third-order valence-electron chi connectivity index (χ3n) is 3.20. The Kier molecular flexibility index (Phi) is 3.52. The fraction of sp³-hybridized carbons (Fsp3) is 0.462. The molecule has 0 unspecified atom stereocenters. The van der Waals surface area contributed by atoms with Crippen LogP contribution < -0.4 is 5.32 Å². The second-order valence-electron chi connectivity index (χ2n) is 4.73. The van der Waals surface area contributed by atoms with Crippen LogP contribution in [0.3, 0.4) is 0 Å². The summed E-state index contributed by atoms with van der Waals surface area (Å²) in [6.45, 7) is 6.78. The van der Waals surface area contributed by atoms with E-state index in [0.717, 1.165) is 49.8 Å². The molecule has 100 valence electrons. The zero-order valence-corrected chi connectivity index (χ0v) is 11.0. The molecule has 0 aromatic carbocycles. The maximum absolute atomic E-state index is 5.29. The monoisotopic (exact) mass is 259 g/mol. The fourth-order valence-electron chi connectivity index (χ4n) is 2.10. The summed E-state index contributed by atoms with van der Waals surface area (Å²) < 4.78 is 5.29. The zero-order valence-electron chi connectivity index (χ0n) is 11.0. The minimum Gasteiger partial charge on any atom is -0.334 e. The summed E-state index contributed by atoms with van der Waals surface area (Å²) in [7, 11) is 0. The average Bonchev–Trinajstić information content (AvgIpc) is 2.89. The molecule has 1 aliphatic rings. The Morgan fingerprint density at radius 1 is 1.32 bits per heavy atom. The van der Waals surface area contributed by atoms with Gasteiger partial charge < -0.3 is 9.84 Å². The molecule has 0 saturated carbocycles. The summed E-state index contributed by atoms with van der Waals surface area (Å²) in [4.78, 5) is 11.0. The molecule has 0 atom stereocenters. The van der Waals surface area contributed by atoms with E-state index in [1.807, 2.05) is 19.1 Å². The SMILES string of the molecule is Cc1ccc(-c2nc(CN3CCNCC3)no2)cn1. The number of piperazine rings is 1. The second-order valence-corrected chi connectivity index (χ2v) is 4.73. The minimum atomic E-state index is 0.539. The third-order valence-corrected chi connectivity index (χ3v) is 3.20. The summed E-state index contributed by atoms with van der Waals surface area (Å²) in [5, 5.41) is 7.36. The smallest absolute Gasteiger partial charge is 0.259 e. The molecule has 2 aromatic rings. The molecule has 0 radical (unpaired) electrons. The molecule has 1 saturated heterocycles. The molecule has 0 spiro atoms. The van der Waals surface area contributed by atoms with Crippen LogP contribution in [0.1, 0.15) is 11.5 Å². The van der Waals surface area contributed by atoms with Gasteiger partial charge in [0, 0.05) is 38.1 Å². The van der Waals surface area contributed by atoms with Gasteiger partial charge in [0.1, 0.15) is 0 Å². The van der Waals surface area contributed by atoms with E-state index in [1.54, 1.807) is 6.20 Å². The van der Waals surface area contributed by atoms with Crippen LogP contribution in [-0.4, -0.2) is 46.2 Å². The van der Waals surface area contributed by atoms with E-state index in [9.17, 15) is 0 Å². The largest absolute Gasteiger partial charge is 0.334 e. The van der Waals surface area contributed by atoms with Gasteiger partial charge in [-0.1, -0.05) is 5.16 Å². The Balaban J connectivity index is 1.70. The van der Waals surface area contributed by atoms with Crippen LogP contribution >= 0.6 is 0 Å². The van der Waals surface area contributed by atoms with Crippen LogP contribution in [0.2, 0.25) is 0 Å². The van der Waals surface area contributed by atoms with Crippen LogP contribution in [0.4, 0.5) is 0 Å². The predicted octanol–water partition coefficient (Wildman–Crippen LogP) is 0.845. The van der Waals surface area contributed by atoms with Crippen molar-refractivity contribution >= 4 is 0 Å². The number of nitrogens with zero attached hydrogens (tertiary/aromatic N) is 4. The van der Waals surface area contributed by atoms with Crippen molar-refractivity contribution in [1.82, 2.24) is 25.3 Å². The van der Waals surface area contributed by atoms with Gasteiger partial charge >= 0.3 is 0 Å². The maximum Gasteiger partial charge on any atom is 0.259 e. The van der Waals surface area contributed by atoms with Crippen LogP contribution in [0.25, 0.3) is 11.5 Å². The lowest BCUT2D eigenvalue weighted by molar-refractivity contribution is 0.225. The Labute approximate surface area is 111 Å². The molecule has 6 nitrogen and oxygen atoms in total. The van der Waals surface area contributed by atoms with Crippen molar-refractivity contribution in [3.8, 4) is 11.5 Å². The molecule has 1 aliphatic heterocycles. The van der Waals surface area contributed by atoms with Crippen LogP contribution in [-0.2, 0) is 6.54 Å². The topological polar surface area (TPSA) is 67.1 Å². The van der Waals surface area contributed by atoms with Gasteiger partial charge in [0.05, 0.1) is 12.1 Å². The molecule has 0 aliphatic carbocycles. The van der Waals surface area contributed by atoms with E-state index >= 15 is 0 Å².